The zero-order valence-electron chi connectivity index (χ0n) is 44.1. The van der Waals surface area contributed by atoms with E-state index in [-0.39, 0.29) is 37.5 Å². The SMILES string of the molecule is CC/C=C\C/C=C\C/C=C\C/C=C\C/C=C\CCCCCCCCCCCCCC(=O)OCC(COC(=O)CCCCCCCCCC)OC(=O)CCCC/C=C\C/C=C\C/C=C\C/C=C\CC. The maximum Gasteiger partial charge on any atom is 0.306 e. The largest absolute Gasteiger partial charge is 0.462 e. The molecule has 0 aliphatic carbocycles. The fourth-order valence-electron chi connectivity index (χ4n) is 7.40. The third-order valence-corrected chi connectivity index (χ3v) is 11.5. The van der Waals surface area contributed by atoms with Crippen LogP contribution in [0.2, 0.25) is 0 Å². The van der Waals surface area contributed by atoms with E-state index in [9.17, 15) is 14.4 Å². The van der Waals surface area contributed by atoms with Gasteiger partial charge in [0.15, 0.2) is 6.10 Å². The molecule has 0 radical (unpaired) electrons. The summed E-state index contributed by atoms with van der Waals surface area (Å²) in [7, 11) is 0. The van der Waals surface area contributed by atoms with Crippen LogP contribution in [0, 0.1) is 0 Å². The minimum Gasteiger partial charge on any atom is -0.462 e. The lowest BCUT2D eigenvalue weighted by Gasteiger charge is -2.18. The Morgan fingerprint density at radius 3 is 0.926 bits per heavy atom. The molecular weight excluding hydrogens is 841 g/mol. The van der Waals surface area contributed by atoms with Crippen LogP contribution in [0.1, 0.15) is 245 Å². The van der Waals surface area contributed by atoms with Crippen LogP contribution in [0.4, 0.5) is 0 Å². The van der Waals surface area contributed by atoms with E-state index < -0.39 is 6.10 Å². The molecule has 0 fully saturated rings. The van der Waals surface area contributed by atoms with Gasteiger partial charge >= 0.3 is 17.9 Å². The summed E-state index contributed by atoms with van der Waals surface area (Å²) in [6, 6.07) is 0. The maximum absolute atomic E-state index is 12.8. The van der Waals surface area contributed by atoms with E-state index in [1.165, 1.54) is 89.9 Å². The van der Waals surface area contributed by atoms with Gasteiger partial charge in [0, 0.05) is 19.3 Å². The molecule has 1 atom stereocenters. The molecule has 0 spiro atoms. The van der Waals surface area contributed by atoms with Crippen LogP contribution >= 0.6 is 0 Å². The van der Waals surface area contributed by atoms with E-state index in [2.05, 4.69) is 130 Å². The smallest absolute Gasteiger partial charge is 0.306 e. The Morgan fingerprint density at radius 1 is 0.309 bits per heavy atom. The van der Waals surface area contributed by atoms with E-state index in [4.69, 9.17) is 14.2 Å². The number of ether oxygens (including phenoxy) is 3. The molecule has 0 aliphatic rings. The first-order valence-electron chi connectivity index (χ1n) is 27.9. The molecule has 1 unspecified atom stereocenters. The van der Waals surface area contributed by atoms with Gasteiger partial charge in [0.05, 0.1) is 0 Å². The summed E-state index contributed by atoms with van der Waals surface area (Å²) >= 11 is 0. The number of carbonyl (C=O) groups is 3. The monoisotopic (exact) mass is 943 g/mol. The first-order chi connectivity index (χ1) is 33.5. The Balaban J connectivity index is 4.23. The summed E-state index contributed by atoms with van der Waals surface area (Å²) in [5, 5.41) is 0. The lowest BCUT2D eigenvalue weighted by Crippen LogP contribution is -2.30. The number of carbonyl (C=O) groups excluding carboxylic acids is 3. The summed E-state index contributed by atoms with van der Waals surface area (Å²) < 4.78 is 16.7. The summed E-state index contributed by atoms with van der Waals surface area (Å²) in [5.74, 6) is -0.947. The van der Waals surface area contributed by atoms with Gasteiger partial charge in [0.25, 0.3) is 0 Å². The highest BCUT2D eigenvalue weighted by molar-refractivity contribution is 5.71. The Morgan fingerprint density at radius 2 is 0.574 bits per heavy atom. The molecule has 0 aliphatic heterocycles. The lowest BCUT2D eigenvalue weighted by molar-refractivity contribution is -0.167. The zero-order valence-corrected chi connectivity index (χ0v) is 44.1. The lowest BCUT2D eigenvalue weighted by atomic mass is 10.0. The number of hydrogen-bond acceptors (Lipinski definition) is 6. The van der Waals surface area contributed by atoms with Crippen molar-refractivity contribution in [3.8, 4) is 0 Å². The maximum atomic E-state index is 12.8. The molecule has 0 saturated carbocycles. The van der Waals surface area contributed by atoms with Gasteiger partial charge in [-0.25, -0.2) is 0 Å². The fraction of sp³-hybridized carbons (Fsp3) is 0.661. The van der Waals surface area contributed by atoms with Crippen molar-refractivity contribution in [3.05, 3.63) is 109 Å². The second-order valence-corrected chi connectivity index (χ2v) is 18.1. The van der Waals surface area contributed by atoms with Gasteiger partial charge in [-0.1, -0.05) is 233 Å². The highest BCUT2D eigenvalue weighted by Gasteiger charge is 2.19. The van der Waals surface area contributed by atoms with Crippen LogP contribution in [-0.2, 0) is 28.6 Å². The summed E-state index contributed by atoms with van der Waals surface area (Å²) in [5.41, 5.74) is 0. The molecule has 386 valence electrons. The predicted molar refractivity (Wildman–Crippen MR) is 293 cm³/mol. The molecule has 0 amide bonds. The minimum absolute atomic E-state index is 0.0953. The second kappa shape index (κ2) is 55.7. The molecule has 68 heavy (non-hydrogen) atoms. The zero-order chi connectivity index (χ0) is 49.3. The average Bonchev–Trinajstić information content (AvgIpc) is 3.34. The van der Waals surface area contributed by atoms with Crippen molar-refractivity contribution in [2.24, 2.45) is 0 Å². The van der Waals surface area contributed by atoms with E-state index >= 15 is 0 Å². The first-order valence-corrected chi connectivity index (χ1v) is 27.9. The van der Waals surface area contributed by atoms with Gasteiger partial charge in [0.2, 0.25) is 0 Å². The quantitative estimate of drug-likeness (QED) is 0.0262. The number of esters is 3. The van der Waals surface area contributed by atoms with E-state index in [0.29, 0.717) is 19.3 Å². The number of allylic oxidation sites excluding steroid dienone is 18. The Labute approximate surface area is 419 Å². The van der Waals surface area contributed by atoms with E-state index in [0.717, 1.165) is 109 Å². The molecule has 0 aromatic rings. The van der Waals surface area contributed by atoms with E-state index in [1.807, 2.05) is 0 Å². The van der Waals surface area contributed by atoms with Gasteiger partial charge in [-0.05, 0) is 103 Å². The van der Waals surface area contributed by atoms with Gasteiger partial charge in [0.1, 0.15) is 13.2 Å². The highest BCUT2D eigenvalue weighted by atomic mass is 16.6. The van der Waals surface area contributed by atoms with Crippen molar-refractivity contribution in [3.63, 3.8) is 0 Å². The Hall–Kier alpha value is -3.93. The van der Waals surface area contributed by atoms with Gasteiger partial charge in [-0.15, -0.1) is 0 Å². The average molecular weight is 943 g/mol. The third kappa shape index (κ3) is 53.0. The summed E-state index contributed by atoms with van der Waals surface area (Å²) in [6.45, 7) is 6.34. The summed E-state index contributed by atoms with van der Waals surface area (Å²) in [4.78, 5) is 37.9. The summed E-state index contributed by atoms with van der Waals surface area (Å²) in [6.07, 6.45) is 75.3. The Bertz CT molecular complexity index is 1410. The number of hydrogen-bond donors (Lipinski definition) is 0. The molecule has 0 saturated heterocycles. The molecule has 6 heteroatoms. The highest BCUT2D eigenvalue weighted by Crippen LogP contribution is 2.15. The fourth-order valence-corrected chi connectivity index (χ4v) is 7.40. The van der Waals surface area contributed by atoms with Gasteiger partial charge in [-0.2, -0.15) is 0 Å². The van der Waals surface area contributed by atoms with Crippen LogP contribution in [0.5, 0.6) is 0 Å². The number of rotatable bonds is 49. The molecule has 0 bridgehead atoms. The van der Waals surface area contributed by atoms with Crippen molar-refractivity contribution in [1.29, 1.82) is 0 Å². The van der Waals surface area contributed by atoms with Gasteiger partial charge < -0.3 is 14.2 Å². The Kier molecular flexibility index (Phi) is 52.4. The number of unbranched alkanes of at least 4 members (excludes halogenated alkanes) is 20. The van der Waals surface area contributed by atoms with Crippen molar-refractivity contribution in [2.75, 3.05) is 13.2 Å². The van der Waals surface area contributed by atoms with Crippen molar-refractivity contribution < 1.29 is 28.6 Å². The van der Waals surface area contributed by atoms with Crippen LogP contribution < -0.4 is 0 Å². The second-order valence-electron chi connectivity index (χ2n) is 18.1. The van der Waals surface area contributed by atoms with Crippen molar-refractivity contribution in [1.82, 2.24) is 0 Å². The normalized spacial score (nSPS) is 12.9. The topological polar surface area (TPSA) is 78.9 Å². The molecular formula is C62H102O6. The standard InChI is InChI=1S/C62H102O6/c1-4-7-10-13-16-19-21-23-25-26-27-28-29-30-31-32-33-34-35-36-38-39-41-43-46-49-52-55-61(64)67-58-59(57-66-60(63)54-51-48-45-18-15-12-9-6-3)68-62(65)56-53-50-47-44-42-40-37-24-22-20-17-14-11-8-5-2/h7-8,10-11,16-17,19-20,23-25,27-28,30-31,37,42,44,59H,4-6,9,12-15,18,21-22,26,29,32-36,38-41,43,45-58H2,1-3H3/b10-7-,11-8-,19-16-,20-17-,25-23-,28-27-,31-30-,37-24-,44-42-. The third-order valence-electron chi connectivity index (χ3n) is 11.5. The molecule has 0 aromatic carbocycles. The van der Waals surface area contributed by atoms with Crippen molar-refractivity contribution >= 4 is 17.9 Å². The van der Waals surface area contributed by atoms with Gasteiger partial charge in [-0.3, -0.25) is 14.4 Å². The van der Waals surface area contributed by atoms with Crippen LogP contribution in [0.3, 0.4) is 0 Å². The van der Waals surface area contributed by atoms with Crippen LogP contribution in [-0.4, -0.2) is 37.2 Å². The molecule has 0 N–H and O–H groups in total. The first kappa shape index (κ1) is 64.1. The van der Waals surface area contributed by atoms with Crippen LogP contribution in [0.25, 0.3) is 0 Å². The van der Waals surface area contributed by atoms with E-state index in [1.54, 1.807) is 0 Å². The van der Waals surface area contributed by atoms with Crippen molar-refractivity contribution in [2.45, 2.75) is 252 Å². The van der Waals surface area contributed by atoms with Crippen LogP contribution in [0.15, 0.2) is 109 Å². The molecule has 0 rings (SSSR count). The minimum atomic E-state index is -0.799. The molecule has 6 nitrogen and oxygen atoms in total. The molecule has 0 aromatic heterocycles. The molecule has 0 heterocycles. The predicted octanol–water partition coefficient (Wildman–Crippen LogP) is 18.7.